The Morgan fingerprint density at radius 1 is 1.29 bits per heavy atom. The highest BCUT2D eigenvalue weighted by Crippen LogP contribution is 2.16. The van der Waals surface area contributed by atoms with E-state index in [2.05, 4.69) is 39.8 Å². The van der Waals surface area contributed by atoms with E-state index < -0.39 is 0 Å². The van der Waals surface area contributed by atoms with Crippen LogP contribution in [0.25, 0.3) is 0 Å². The standard InChI is InChI=1S/C15H26N6/c1-13(2)9-21-14(17-12-18-21)10-19-5-7-20(8-6-19)15(3,4)11-16/h12-13H,5-10H2,1-4H3. The zero-order valence-electron chi connectivity index (χ0n) is 13.6. The fourth-order valence-electron chi connectivity index (χ4n) is 2.64. The van der Waals surface area contributed by atoms with Gasteiger partial charge in [-0.25, -0.2) is 9.67 Å². The van der Waals surface area contributed by atoms with Gasteiger partial charge in [-0.2, -0.15) is 10.4 Å². The van der Waals surface area contributed by atoms with Gasteiger partial charge in [-0.05, 0) is 19.8 Å². The lowest BCUT2D eigenvalue weighted by Crippen LogP contribution is -2.53. The Bertz CT molecular complexity index is 491. The molecule has 1 aliphatic rings. The Morgan fingerprint density at radius 2 is 1.95 bits per heavy atom. The molecule has 116 valence electrons. The summed E-state index contributed by atoms with van der Waals surface area (Å²) in [6.07, 6.45) is 1.65. The maximum Gasteiger partial charge on any atom is 0.141 e. The quantitative estimate of drug-likeness (QED) is 0.819. The number of aromatic nitrogens is 3. The van der Waals surface area contributed by atoms with Gasteiger partial charge >= 0.3 is 0 Å². The molecule has 1 saturated heterocycles. The minimum absolute atomic E-state index is 0.371. The van der Waals surface area contributed by atoms with E-state index in [0.717, 1.165) is 45.1 Å². The lowest BCUT2D eigenvalue weighted by molar-refractivity contribution is 0.0741. The van der Waals surface area contributed by atoms with Gasteiger partial charge in [0.15, 0.2) is 0 Å². The minimum atomic E-state index is -0.371. The second-order valence-corrected chi connectivity index (χ2v) is 6.69. The molecule has 0 saturated carbocycles. The molecule has 6 heteroatoms. The van der Waals surface area contributed by atoms with E-state index in [4.69, 9.17) is 0 Å². The van der Waals surface area contributed by atoms with E-state index in [0.29, 0.717) is 5.92 Å². The van der Waals surface area contributed by atoms with Gasteiger partial charge in [-0.15, -0.1) is 0 Å². The van der Waals surface area contributed by atoms with E-state index in [1.54, 1.807) is 6.33 Å². The van der Waals surface area contributed by atoms with Gasteiger partial charge < -0.3 is 0 Å². The van der Waals surface area contributed by atoms with Crippen LogP contribution in [0.4, 0.5) is 0 Å². The van der Waals surface area contributed by atoms with Crippen molar-refractivity contribution >= 4 is 0 Å². The van der Waals surface area contributed by atoms with E-state index >= 15 is 0 Å². The predicted molar refractivity (Wildman–Crippen MR) is 81.4 cm³/mol. The molecule has 21 heavy (non-hydrogen) atoms. The molecule has 2 heterocycles. The highest BCUT2D eigenvalue weighted by atomic mass is 15.4. The largest absolute Gasteiger partial charge is 0.293 e. The smallest absolute Gasteiger partial charge is 0.141 e. The third-order valence-electron chi connectivity index (χ3n) is 4.04. The van der Waals surface area contributed by atoms with Crippen LogP contribution in [0.15, 0.2) is 6.33 Å². The number of nitrogens with zero attached hydrogens (tertiary/aromatic N) is 6. The minimum Gasteiger partial charge on any atom is -0.293 e. The van der Waals surface area contributed by atoms with Gasteiger partial charge in [-0.3, -0.25) is 9.80 Å². The summed E-state index contributed by atoms with van der Waals surface area (Å²) in [5.41, 5.74) is -0.371. The molecule has 0 unspecified atom stereocenters. The van der Waals surface area contributed by atoms with Crippen molar-refractivity contribution in [1.29, 1.82) is 5.26 Å². The number of hydrogen-bond donors (Lipinski definition) is 0. The molecule has 0 aliphatic carbocycles. The molecule has 0 aromatic carbocycles. The Morgan fingerprint density at radius 3 is 2.52 bits per heavy atom. The second-order valence-electron chi connectivity index (χ2n) is 6.69. The molecule has 0 bridgehead atoms. The summed E-state index contributed by atoms with van der Waals surface area (Å²) in [5, 5.41) is 13.5. The maximum absolute atomic E-state index is 9.21. The molecule has 1 fully saturated rings. The normalized spacial score (nSPS) is 18.1. The molecule has 1 aromatic rings. The van der Waals surface area contributed by atoms with Gasteiger partial charge in [0.1, 0.15) is 17.7 Å². The van der Waals surface area contributed by atoms with E-state index in [1.807, 2.05) is 18.5 Å². The molecule has 2 rings (SSSR count). The van der Waals surface area contributed by atoms with Crippen LogP contribution in [0.2, 0.25) is 0 Å². The van der Waals surface area contributed by atoms with Crippen molar-refractivity contribution in [1.82, 2.24) is 24.6 Å². The molecule has 0 radical (unpaired) electrons. The summed E-state index contributed by atoms with van der Waals surface area (Å²) in [6.45, 7) is 13.9. The molecule has 0 atom stereocenters. The third kappa shape index (κ3) is 4.02. The molecule has 0 N–H and O–H groups in total. The van der Waals surface area contributed by atoms with Crippen molar-refractivity contribution in [2.75, 3.05) is 26.2 Å². The summed E-state index contributed by atoms with van der Waals surface area (Å²) < 4.78 is 2.01. The summed E-state index contributed by atoms with van der Waals surface area (Å²) in [5.74, 6) is 1.61. The Hall–Kier alpha value is -1.45. The molecule has 0 amide bonds. The molecule has 0 spiro atoms. The van der Waals surface area contributed by atoms with Crippen molar-refractivity contribution in [2.24, 2.45) is 5.92 Å². The van der Waals surface area contributed by atoms with Crippen LogP contribution < -0.4 is 0 Å². The van der Waals surface area contributed by atoms with Crippen LogP contribution >= 0.6 is 0 Å². The second kappa shape index (κ2) is 6.54. The van der Waals surface area contributed by atoms with Crippen molar-refractivity contribution in [3.05, 3.63) is 12.2 Å². The number of hydrogen-bond acceptors (Lipinski definition) is 5. The number of piperazine rings is 1. The fourth-order valence-corrected chi connectivity index (χ4v) is 2.64. The SMILES string of the molecule is CC(C)Cn1ncnc1CN1CCN(C(C)(C)C#N)CC1. The van der Waals surface area contributed by atoms with Crippen LogP contribution in [0.5, 0.6) is 0 Å². The van der Waals surface area contributed by atoms with Crippen LogP contribution in [0.3, 0.4) is 0 Å². The lowest BCUT2D eigenvalue weighted by Gasteiger charge is -2.40. The lowest BCUT2D eigenvalue weighted by atomic mass is 10.0. The van der Waals surface area contributed by atoms with Gasteiger partial charge in [0, 0.05) is 32.7 Å². The zero-order valence-corrected chi connectivity index (χ0v) is 13.6. The first kappa shape index (κ1) is 15.9. The number of rotatable bonds is 5. The van der Waals surface area contributed by atoms with Crippen molar-refractivity contribution in [3.63, 3.8) is 0 Å². The third-order valence-corrected chi connectivity index (χ3v) is 4.04. The molecular formula is C15H26N6. The highest BCUT2D eigenvalue weighted by Gasteiger charge is 2.29. The summed E-state index contributed by atoms with van der Waals surface area (Å²) in [6, 6.07) is 2.38. The zero-order chi connectivity index (χ0) is 15.5. The topological polar surface area (TPSA) is 61.0 Å². The predicted octanol–water partition coefficient (Wildman–Crippen LogP) is 1.35. The first-order chi connectivity index (χ1) is 9.92. The van der Waals surface area contributed by atoms with Crippen LogP contribution in [0, 0.1) is 17.2 Å². The van der Waals surface area contributed by atoms with Crippen molar-refractivity contribution < 1.29 is 0 Å². The van der Waals surface area contributed by atoms with Crippen LogP contribution in [-0.2, 0) is 13.1 Å². The van der Waals surface area contributed by atoms with Gasteiger partial charge in [0.25, 0.3) is 0 Å². The van der Waals surface area contributed by atoms with Crippen molar-refractivity contribution in [2.45, 2.75) is 46.3 Å². The van der Waals surface area contributed by atoms with Crippen LogP contribution in [0.1, 0.15) is 33.5 Å². The average Bonchev–Trinajstić information content (AvgIpc) is 2.86. The van der Waals surface area contributed by atoms with Gasteiger partial charge in [0.2, 0.25) is 0 Å². The summed E-state index contributed by atoms with van der Waals surface area (Å²) in [7, 11) is 0. The van der Waals surface area contributed by atoms with Crippen LogP contribution in [-0.4, -0.2) is 56.3 Å². The first-order valence-corrected chi connectivity index (χ1v) is 7.67. The molecule has 1 aliphatic heterocycles. The maximum atomic E-state index is 9.21. The molecule has 6 nitrogen and oxygen atoms in total. The Kier molecular flexibility index (Phi) is 4.96. The number of nitriles is 1. The summed E-state index contributed by atoms with van der Waals surface area (Å²) >= 11 is 0. The van der Waals surface area contributed by atoms with Gasteiger partial charge in [-0.1, -0.05) is 13.8 Å². The molecule has 1 aromatic heterocycles. The monoisotopic (exact) mass is 290 g/mol. The average molecular weight is 290 g/mol. The van der Waals surface area contributed by atoms with Gasteiger partial charge in [0.05, 0.1) is 12.6 Å². The van der Waals surface area contributed by atoms with E-state index in [-0.39, 0.29) is 5.54 Å². The first-order valence-electron chi connectivity index (χ1n) is 7.67. The fraction of sp³-hybridized carbons (Fsp3) is 0.800. The van der Waals surface area contributed by atoms with Crippen molar-refractivity contribution in [3.8, 4) is 6.07 Å². The highest BCUT2D eigenvalue weighted by molar-refractivity contribution is 5.03. The molecular weight excluding hydrogens is 264 g/mol. The van der Waals surface area contributed by atoms with E-state index in [9.17, 15) is 5.26 Å². The Labute approximate surface area is 127 Å². The van der Waals surface area contributed by atoms with E-state index in [1.165, 1.54) is 0 Å². The summed E-state index contributed by atoms with van der Waals surface area (Å²) in [4.78, 5) is 9.04. The Balaban J connectivity index is 1.90.